The fraction of sp³-hybridized carbons (Fsp3) is 0.766. The maximum Gasteiger partial charge on any atom is 0.472 e. The van der Waals surface area contributed by atoms with E-state index in [0.29, 0.717) is 32.3 Å². The molecule has 0 saturated heterocycles. The topological polar surface area (TPSA) is 177 Å². The summed E-state index contributed by atoms with van der Waals surface area (Å²) in [6, 6.07) is 6.45. The Balaban J connectivity index is 1.81. The summed E-state index contributed by atoms with van der Waals surface area (Å²) >= 11 is 0. The van der Waals surface area contributed by atoms with Crippen molar-refractivity contribution in [2.75, 3.05) is 40.1 Å². The van der Waals surface area contributed by atoms with E-state index in [1.54, 1.807) is 7.11 Å². The molecule has 13 nitrogen and oxygen atoms in total. The number of ether oxygens (including phenoxy) is 2. The highest BCUT2D eigenvalue weighted by Gasteiger charge is 2.27. The quantitative estimate of drug-likeness (QED) is 0.0323. The Labute approximate surface area is 367 Å². The maximum absolute atomic E-state index is 13.2. The van der Waals surface area contributed by atoms with Crippen LogP contribution in [-0.4, -0.2) is 85.9 Å². The van der Waals surface area contributed by atoms with Gasteiger partial charge in [-0.05, 0) is 43.2 Å². The smallest absolute Gasteiger partial charge is 0.381 e. The second-order valence-electron chi connectivity index (χ2n) is 16.7. The Hall–Kier alpha value is -2.80. The molecule has 2 aromatic rings. The Bertz CT molecular complexity index is 1510. The number of phosphoric acid groups is 1. The number of hydrogen-bond donors (Lipinski definition) is 5. The van der Waals surface area contributed by atoms with Crippen molar-refractivity contribution < 1.29 is 42.4 Å². The number of para-hydroxylation sites is 1. The molecule has 0 bridgehead atoms. The van der Waals surface area contributed by atoms with E-state index in [4.69, 9.17) is 18.5 Å². The van der Waals surface area contributed by atoms with Crippen LogP contribution in [0.5, 0.6) is 0 Å². The van der Waals surface area contributed by atoms with Gasteiger partial charge in [0.2, 0.25) is 17.7 Å². The standard InChI is InChI=1S/C47H83N4O9P/c1-6-9-11-13-14-15-16-17-18-20-22-28-44(52)50-40(36-58-33-31-41(57-5)25-21-19-12-10-7-2)37-60-61(55,56)59-34-32-48-47(54)46(38(4)8-3)51-45(53)30-29-39-35-49-43-27-24-23-26-42(39)43/h23-24,26-27,35,38,40-41,46,49H,6-22,25,28-34,36-37H2,1-5H3,(H,48,54)(H,50,52)(H,51,53)(H,55,56)/t38-,40+,41+,46-/m0/s1. The van der Waals surface area contributed by atoms with Gasteiger partial charge in [-0.25, -0.2) is 4.57 Å². The van der Waals surface area contributed by atoms with Crippen LogP contribution in [0.25, 0.3) is 10.9 Å². The number of H-pyrrole nitrogens is 1. The molecule has 61 heavy (non-hydrogen) atoms. The first-order chi connectivity index (χ1) is 29.5. The first-order valence-electron chi connectivity index (χ1n) is 23.7. The van der Waals surface area contributed by atoms with Crippen LogP contribution in [0.3, 0.4) is 0 Å². The fourth-order valence-electron chi connectivity index (χ4n) is 7.38. The number of hydrogen-bond acceptors (Lipinski definition) is 8. The molecule has 0 aliphatic carbocycles. The molecule has 1 aromatic heterocycles. The van der Waals surface area contributed by atoms with Crippen molar-refractivity contribution >= 4 is 36.4 Å². The second-order valence-corrected chi connectivity index (χ2v) is 18.1. The molecular weight excluding hydrogens is 796 g/mol. The van der Waals surface area contributed by atoms with E-state index in [1.165, 1.54) is 77.0 Å². The minimum atomic E-state index is -4.55. The van der Waals surface area contributed by atoms with E-state index < -0.39 is 25.8 Å². The normalized spacial score (nSPS) is 14.6. The maximum atomic E-state index is 13.2. The van der Waals surface area contributed by atoms with Gasteiger partial charge in [-0.3, -0.25) is 23.4 Å². The number of phosphoric ester groups is 1. The summed E-state index contributed by atoms with van der Waals surface area (Å²) < 4.78 is 35.0. The van der Waals surface area contributed by atoms with Crippen LogP contribution in [0.1, 0.15) is 168 Å². The van der Waals surface area contributed by atoms with Crippen molar-refractivity contribution in [1.82, 2.24) is 20.9 Å². The summed E-state index contributed by atoms with van der Waals surface area (Å²) in [5.74, 6) is -0.953. The highest BCUT2D eigenvalue weighted by atomic mass is 31.2. The van der Waals surface area contributed by atoms with Crippen LogP contribution in [0, 0.1) is 5.92 Å². The Morgan fingerprint density at radius 1 is 0.754 bits per heavy atom. The highest BCUT2D eigenvalue weighted by Crippen LogP contribution is 2.43. The zero-order chi connectivity index (χ0) is 44.6. The number of nitrogens with one attached hydrogen (secondary N) is 4. The lowest BCUT2D eigenvalue weighted by Gasteiger charge is -2.24. The number of methoxy groups -OCH3 is 1. The van der Waals surface area contributed by atoms with E-state index in [-0.39, 0.29) is 56.6 Å². The van der Waals surface area contributed by atoms with E-state index in [2.05, 4.69) is 34.8 Å². The zero-order valence-electron chi connectivity index (χ0n) is 38.4. The summed E-state index contributed by atoms with van der Waals surface area (Å²) in [7, 11) is -2.84. The molecule has 0 radical (unpaired) electrons. The number of aromatic amines is 1. The van der Waals surface area contributed by atoms with Gasteiger partial charge in [0.25, 0.3) is 0 Å². The molecule has 5 atom stereocenters. The van der Waals surface area contributed by atoms with Gasteiger partial charge in [0.15, 0.2) is 0 Å². The van der Waals surface area contributed by atoms with Gasteiger partial charge in [0.05, 0.1) is 32.0 Å². The summed E-state index contributed by atoms with van der Waals surface area (Å²) in [6.07, 6.45) is 24.4. The molecule has 1 heterocycles. The van der Waals surface area contributed by atoms with Crippen LogP contribution < -0.4 is 16.0 Å². The van der Waals surface area contributed by atoms with E-state index >= 15 is 0 Å². The minimum Gasteiger partial charge on any atom is -0.381 e. The summed E-state index contributed by atoms with van der Waals surface area (Å²) in [6.45, 7) is 8.10. The Kier molecular flexibility index (Phi) is 30.0. The largest absolute Gasteiger partial charge is 0.472 e. The number of aromatic nitrogens is 1. The molecule has 14 heteroatoms. The lowest BCUT2D eigenvalue weighted by Crippen LogP contribution is -2.50. The third-order valence-electron chi connectivity index (χ3n) is 11.4. The van der Waals surface area contributed by atoms with Gasteiger partial charge in [-0.1, -0.05) is 149 Å². The van der Waals surface area contributed by atoms with Crippen LogP contribution in [0.15, 0.2) is 30.5 Å². The summed E-state index contributed by atoms with van der Waals surface area (Å²) in [4.78, 5) is 52.8. The van der Waals surface area contributed by atoms with Crippen molar-refractivity contribution in [2.24, 2.45) is 5.92 Å². The van der Waals surface area contributed by atoms with Gasteiger partial charge >= 0.3 is 7.82 Å². The third kappa shape index (κ3) is 25.2. The molecule has 1 aromatic carbocycles. The molecule has 1 unspecified atom stereocenters. The lowest BCUT2D eigenvalue weighted by molar-refractivity contribution is -0.130. The predicted octanol–water partition coefficient (Wildman–Crippen LogP) is 9.85. The average Bonchev–Trinajstić information content (AvgIpc) is 3.67. The van der Waals surface area contributed by atoms with E-state index in [1.807, 2.05) is 44.3 Å². The van der Waals surface area contributed by atoms with E-state index in [9.17, 15) is 23.8 Å². The van der Waals surface area contributed by atoms with Gasteiger partial charge in [0.1, 0.15) is 6.04 Å². The van der Waals surface area contributed by atoms with Crippen LogP contribution in [0.4, 0.5) is 0 Å². The Morgan fingerprint density at radius 3 is 2.03 bits per heavy atom. The second kappa shape index (κ2) is 33.7. The average molecular weight is 879 g/mol. The van der Waals surface area contributed by atoms with Gasteiger partial charge in [-0.2, -0.15) is 0 Å². The molecule has 0 saturated carbocycles. The van der Waals surface area contributed by atoms with Crippen molar-refractivity contribution in [3.05, 3.63) is 36.0 Å². The van der Waals surface area contributed by atoms with Crippen LogP contribution in [0.2, 0.25) is 0 Å². The number of unbranched alkanes of at least 4 members (excludes halogenated alkanes) is 14. The molecule has 0 spiro atoms. The van der Waals surface area contributed by atoms with Gasteiger partial charge in [0, 0.05) is 50.2 Å². The SMILES string of the molecule is CCCCCCCCCCCCCC(=O)N[C@H](COCC[C@@H](CCCCCCC)OC)COP(=O)(O)OCCNC(=O)[C@@H](NC(=O)CCc1c[nH]c2ccccc12)[C@@H](C)CC. The summed E-state index contributed by atoms with van der Waals surface area (Å²) in [5.41, 5.74) is 2.04. The molecule has 3 amide bonds. The highest BCUT2D eigenvalue weighted by molar-refractivity contribution is 7.47. The van der Waals surface area contributed by atoms with Crippen LogP contribution >= 0.6 is 7.82 Å². The lowest BCUT2D eigenvalue weighted by atomic mass is 9.98. The predicted molar refractivity (Wildman–Crippen MR) is 245 cm³/mol. The number of fused-ring (bicyclic) bond motifs is 1. The van der Waals surface area contributed by atoms with Crippen molar-refractivity contribution in [1.29, 1.82) is 0 Å². The molecule has 0 fully saturated rings. The third-order valence-corrected chi connectivity index (χ3v) is 12.4. The first kappa shape index (κ1) is 54.3. The number of rotatable bonds is 39. The van der Waals surface area contributed by atoms with Gasteiger partial charge < -0.3 is 35.3 Å². The molecule has 0 aliphatic heterocycles. The summed E-state index contributed by atoms with van der Waals surface area (Å²) in [5, 5.41) is 9.59. The monoisotopic (exact) mass is 879 g/mol. The number of carbonyl (C=O) groups excluding carboxylic acids is 3. The van der Waals surface area contributed by atoms with Gasteiger partial charge in [-0.15, -0.1) is 0 Å². The molecule has 5 N–H and O–H groups in total. The molecular formula is C47H83N4O9P. The fourth-order valence-corrected chi connectivity index (χ4v) is 8.14. The van der Waals surface area contributed by atoms with Crippen LogP contribution in [-0.2, 0) is 43.9 Å². The number of aryl methyl sites for hydroxylation is 1. The molecule has 0 aliphatic rings. The number of carbonyl (C=O) groups is 3. The van der Waals surface area contributed by atoms with Crippen molar-refractivity contribution in [2.45, 2.75) is 187 Å². The van der Waals surface area contributed by atoms with Crippen molar-refractivity contribution in [3.8, 4) is 0 Å². The van der Waals surface area contributed by atoms with E-state index in [0.717, 1.165) is 48.6 Å². The Morgan fingerprint density at radius 2 is 1.38 bits per heavy atom. The number of benzene rings is 1. The first-order valence-corrected chi connectivity index (χ1v) is 25.2. The number of amides is 3. The molecule has 2 rings (SSSR count). The minimum absolute atomic E-state index is 0.0752. The zero-order valence-corrected chi connectivity index (χ0v) is 39.3. The molecule has 350 valence electrons. The van der Waals surface area contributed by atoms with Crippen molar-refractivity contribution in [3.63, 3.8) is 0 Å².